The maximum absolute atomic E-state index is 12.6. The number of hydrogen-bond donors (Lipinski definition) is 0. The van der Waals surface area contributed by atoms with Crippen molar-refractivity contribution < 1.29 is 13.2 Å². The third-order valence-corrected chi connectivity index (χ3v) is 1.95. The van der Waals surface area contributed by atoms with E-state index >= 15 is 0 Å². The van der Waals surface area contributed by atoms with Crippen molar-refractivity contribution in [3.63, 3.8) is 0 Å². The van der Waals surface area contributed by atoms with Crippen LogP contribution in [0.5, 0.6) is 0 Å². The molecule has 0 fully saturated rings. The van der Waals surface area contributed by atoms with Gasteiger partial charge in [-0.3, -0.25) is 4.99 Å². The van der Waals surface area contributed by atoms with Crippen molar-refractivity contribution in [2.45, 2.75) is 12.7 Å². The Labute approximate surface area is 95.5 Å². The summed E-state index contributed by atoms with van der Waals surface area (Å²) in [7, 11) is 0. The number of isothiocyanates is 1. The van der Waals surface area contributed by atoms with Crippen molar-refractivity contribution in [2.75, 3.05) is 0 Å². The van der Waals surface area contributed by atoms with Crippen LogP contribution >= 0.6 is 12.2 Å². The predicted octanol–water partition coefficient (Wildman–Crippen LogP) is 3.64. The van der Waals surface area contributed by atoms with Crippen LogP contribution in [0.1, 0.15) is 11.1 Å². The molecule has 16 heavy (non-hydrogen) atoms. The molecule has 0 aliphatic heterocycles. The Balaban J connectivity index is 3.31. The van der Waals surface area contributed by atoms with Gasteiger partial charge in [-0.1, -0.05) is 6.07 Å². The second-order valence-corrected chi connectivity index (χ2v) is 3.11. The van der Waals surface area contributed by atoms with E-state index in [1.165, 1.54) is 12.1 Å². The number of hydrogen-bond acceptors (Lipinski definition) is 3. The molecule has 0 radical (unpaired) electrons. The van der Waals surface area contributed by atoms with Crippen LogP contribution in [0.25, 0.3) is 0 Å². The molecule has 1 rings (SSSR count). The summed E-state index contributed by atoms with van der Waals surface area (Å²) in [6.07, 6.45) is -4.44. The SMILES string of the molecule is C=NCc1ccc(N=C=S)cc1C(F)(F)F. The fourth-order valence-electron chi connectivity index (χ4n) is 1.21. The lowest BCUT2D eigenvalue weighted by molar-refractivity contribution is -0.138. The molecule has 1 aromatic carbocycles. The summed E-state index contributed by atoms with van der Waals surface area (Å²) in [5, 5.41) is 2.02. The van der Waals surface area contributed by atoms with Crippen LogP contribution in [0.4, 0.5) is 18.9 Å². The number of benzene rings is 1. The van der Waals surface area contributed by atoms with Crippen LogP contribution < -0.4 is 0 Å². The molecular weight excluding hydrogens is 237 g/mol. The number of halogens is 3. The molecule has 0 N–H and O–H groups in total. The van der Waals surface area contributed by atoms with Gasteiger partial charge in [-0.15, -0.1) is 0 Å². The van der Waals surface area contributed by atoms with Crippen LogP contribution in [0.3, 0.4) is 0 Å². The Morgan fingerprint density at radius 3 is 2.56 bits per heavy atom. The van der Waals surface area contributed by atoms with Gasteiger partial charge >= 0.3 is 6.18 Å². The van der Waals surface area contributed by atoms with E-state index in [4.69, 9.17) is 0 Å². The molecule has 0 unspecified atom stereocenters. The molecule has 6 heteroatoms. The van der Waals surface area contributed by atoms with E-state index in [0.29, 0.717) is 0 Å². The summed E-state index contributed by atoms with van der Waals surface area (Å²) in [5.74, 6) is 0. The molecule has 0 atom stereocenters. The summed E-state index contributed by atoms with van der Waals surface area (Å²) >= 11 is 4.33. The second kappa shape index (κ2) is 5.01. The molecular formula is C10H7F3N2S. The highest BCUT2D eigenvalue weighted by Crippen LogP contribution is 2.34. The topological polar surface area (TPSA) is 24.7 Å². The molecule has 0 heterocycles. The summed E-state index contributed by atoms with van der Waals surface area (Å²) in [5.41, 5.74) is -0.590. The van der Waals surface area contributed by atoms with Gasteiger partial charge in [0.1, 0.15) is 0 Å². The van der Waals surface area contributed by atoms with Crippen LogP contribution in [-0.2, 0) is 12.7 Å². The fraction of sp³-hybridized carbons (Fsp3) is 0.200. The highest BCUT2D eigenvalue weighted by Gasteiger charge is 2.33. The summed E-state index contributed by atoms with van der Waals surface area (Å²) in [6.45, 7) is 3.08. The van der Waals surface area contributed by atoms with Gasteiger partial charge < -0.3 is 0 Å². The molecule has 0 saturated heterocycles. The van der Waals surface area contributed by atoms with Gasteiger partial charge in [-0.2, -0.15) is 18.2 Å². The van der Waals surface area contributed by atoms with Crippen molar-refractivity contribution in [1.29, 1.82) is 0 Å². The summed E-state index contributed by atoms with van der Waals surface area (Å²) in [4.78, 5) is 6.94. The van der Waals surface area contributed by atoms with Crippen LogP contribution in [0, 0.1) is 0 Å². The quantitative estimate of drug-likeness (QED) is 0.588. The van der Waals surface area contributed by atoms with Crippen LogP contribution in [0.15, 0.2) is 28.2 Å². The third-order valence-electron chi connectivity index (χ3n) is 1.86. The van der Waals surface area contributed by atoms with Gasteiger partial charge in [0.15, 0.2) is 0 Å². The first-order valence-corrected chi connectivity index (χ1v) is 4.60. The minimum absolute atomic E-state index is 0.0609. The first-order chi connectivity index (χ1) is 7.49. The number of alkyl halides is 3. The zero-order valence-electron chi connectivity index (χ0n) is 8.08. The Morgan fingerprint density at radius 1 is 1.38 bits per heavy atom. The van der Waals surface area contributed by atoms with Crippen LogP contribution in [-0.4, -0.2) is 11.9 Å². The lowest BCUT2D eigenvalue weighted by Crippen LogP contribution is -2.08. The number of thiocarbonyl (C=S) groups is 1. The van der Waals surface area contributed by atoms with Crippen molar-refractivity contribution in [2.24, 2.45) is 9.98 Å². The van der Waals surface area contributed by atoms with E-state index in [0.717, 1.165) is 6.07 Å². The third kappa shape index (κ3) is 2.98. The highest BCUT2D eigenvalue weighted by molar-refractivity contribution is 7.78. The smallest absolute Gasteiger partial charge is 0.296 e. The largest absolute Gasteiger partial charge is 0.416 e. The minimum atomic E-state index is -4.44. The summed E-state index contributed by atoms with van der Waals surface area (Å²) in [6, 6.07) is 3.65. The van der Waals surface area contributed by atoms with E-state index in [9.17, 15) is 13.2 Å². The zero-order chi connectivity index (χ0) is 12.2. The molecule has 0 bridgehead atoms. The van der Waals surface area contributed by atoms with E-state index in [1.807, 2.05) is 5.16 Å². The maximum atomic E-state index is 12.6. The second-order valence-electron chi connectivity index (χ2n) is 2.92. The molecule has 0 spiro atoms. The van der Waals surface area contributed by atoms with Gasteiger partial charge in [-0.05, 0) is 36.6 Å². The average molecular weight is 244 g/mol. The first-order valence-electron chi connectivity index (χ1n) is 4.19. The summed E-state index contributed by atoms with van der Waals surface area (Å²) < 4.78 is 37.9. The lowest BCUT2D eigenvalue weighted by atomic mass is 10.1. The Bertz CT molecular complexity index is 448. The maximum Gasteiger partial charge on any atom is 0.416 e. The molecule has 0 aliphatic rings. The fourth-order valence-corrected chi connectivity index (χ4v) is 1.31. The number of nitrogens with zero attached hydrogens (tertiary/aromatic N) is 2. The zero-order valence-corrected chi connectivity index (χ0v) is 8.90. The van der Waals surface area contributed by atoms with Gasteiger partial charge in [-0.25, -0.2) is 0 Å². The van der Waals surface area contributed by atoms with Crippen molar-refractivity contribution >= 4 is 29.8 Å². The molecule has 0 saturated carbocycles. The normalized spacial score (nSPS) is 10.7. The predicted molar refractivity (Wildman–Crippen MR) is 59.4 cm³/mol. The molecule has 0 amide bonds. The molecule has 2 nitrogen and oxygen atoms in total. The van der Waals surface area contributed by atoms with E-state index in [2.05, 4.69) is 28.9 Å². The standard InChI is InChI=1S/C10H7F3N2S/c1-14-5-7-2-3-8(15-6-16)4-9(7)10(11,12)13/h2-4H,1,5H2. The van der Waals surface area contributed by atoms with Gasteiger partial charge in [0.25, 0.3) is 0 Å². The van der Waals surface area contributed by atoms with Gasteiger partial charge in [0.2, 0.25) is 0 Å². The Kier molecular flexibility index (Phi) is 3.93. The molecule has 0 aromatic heterocycles. The molecule has 84 valence electrons. The van der Waals surface area contributed by atoms with E-state index in [1.54, 1.807) is 0 Å². The molecule has 1 aromatic rings. The van der Waals surface area contributed by atoms with Gasteiger partial charge in [0.05, 0.1) is 23.0 Å². The van der Waals surface area contributed by atoms with Crippen molar-refractivity contribution in [3.8, 4) is 0 Å². The van der Waals surface area contributed by atoms with Crippen molar-refractivity contribution in [3.05, 3.63) is 29.3 Å². The highest BCUT2D eigenvalue weighted by atomic mass is 32.1. The van der Waals surface area contributed by atoms with Crippen molar-refractivity contribution in [1.82, 2.24) is 0 Å². The van der Waals surface area contributed by atoms with Crippen LogP contribution in [0.2, 0.25) is 0 Å². The Morgan fingerprint density at radius 2 is 2.06 bits per heavy atom. The Hall–Kier alpha value is -1.52. The number of aliphatic imine (C=N–C) groups is 2. The van der Waals surface area contributed by atoms with Gasteiger partial charge in [0, 0.05) is 0 Å². The average Bonchev–Trinajstić information content (AvgIpc) is 2.19. The van der Waals surface area contributed by atoms with E-state index < -0.39 is 11.7 Å². The number of rotatable bonds is 3. The van der Waals surface area contributed by atoms with E-state index in [-0.39, 0.29) is 17.8 Å². The molecule has 0 aliphatic carbocycles. The monoisotopic (exact) mass is 244 g/mol. The minimum Gasteiger partial charge on any atom is -0.296 e. The first kappa shape index (κ1) is 12.5. The lowest BCUT2D eigenvalue weighted by Gasteiger charge is -2.11.